The third kappa shape index (κ3) is 1.66. The van der Waals surface area contributed by atoms with Gasteiger partial charge in [-0.2, -0.15) is 0 Å². The topological polar surface area (TPSA) is 26.0 Å². The number of hydrogen-bond donors (Lipinski definition) is 1. The van der Waals surface area contributed by atoms with Gasteiger partial charge in [0.05, 0.1) is 0 Å². The highest BCUT2D eigenvalue weighted by Crippen LogP contribution is 2.38. The molecule has 0 aromatic carbocycles. The van der Waals surface area contributed by atoms with Gasteiger partial charge in [0.2, 0.25) is 0 Å². The van der Waals surface area contributed by atoms with Crippen molar-refractivity contribution in [1.82, 2.24) is 0 Å². The second-order valence-electron chi connectivity index (χ2n) is 4.66. The van der Waals surface area contributed by atoms with E-state index in [1.807, 2.05) is 0 Å². The molecule has 2 atom stereocenters. The molecule has 2 rings (SSSR count). The molecule has 2 fully saturated rings. The summed E-state index contributed by atoms with van der Waals surface area (Å²) in [6.07, 6.45) is 11.4. The predicted octanol–water partition coefficient (Wildman–Crippen LogP) is 2.69. The second-order valence-corrected chi connectivity index (χ2v) is 4.66. The van der Waals surface area contributed by atoms with Crippen LogP contribution in [0.1, 0.15) is 51.4 Å². The van der Waals surface area contributed by atoms with Crippen LogP contribution < -0.4 is 5.73 Å². The van der Waals surface area contributed by atoms with Crippen molar-refractivity contribution >= 4 is 0 Å². The highest BCUT2D eigenvalue weighted by Gasteiger charge is 2.30. The van der Waals surface area contributed by atoms with Gasteiger partial charge in [0, 0.05) is 6.04 Å². The largest absolute Gasteiger partial charge is 0.327 e. The first-order chi connectivity index (χ1) is 5.88. The Kier molecular flexibility index (Phi) is 2.69. The molecule has 0 aromatic rings. The van der Waals surface area contributed by atoms with Crippen molar-refractivity contribution in [3.63, 3.8) is 0 Å². The van der Waals surface area contributed by atoms with Gasteiger partial charge < -0.3 is 5.73 Å². The summed E-state index contributed by atoms with van der Waals surface area (Å²) in [6.45, 7) is 0. The third-order valence-electron chi connectivity index (χ3n) is 3.88. The van der Waals surface area contributed by atoms with E-state index in [0.29, 0.717) is 6.04 Å². The molecule has 0 unspecified atom stereocenters. The van der Waals surface area contributed by atoms with E-state index in [1.165, 1.54) is 51.4 Å². The second kappa shape index (κ2) is 3.78. The molecule has 1 nitrogen and oxygen atoms in total. The predicted molar refractivity (Wildman–Crippen MR) is 51.9 cm³/mol. The van der Waals surface area contributed by atoms with Gasteiger partial charge in [-0.3, -0.25) is 0 Å². The minimum atomic E-state index is 0.543. The standard InChI is InChI=1S/C11H21N/c12-11-8-4-3-7-10(11)9-5-1-2-6-9/h9-11H,1-8,12H2/t10-,11+/m1/s1. The summed E-state index contributed by atoms with van der Waals surface area (Å²) in [7, 11) is 0. The molecule has 12 heavy (non-hydrogen) atoms. The van der Waals surface area contributed by atoms with Gasteiger partial charge >= 0.3 is 0 Å². The molecule has 0 aliphatic heterocycles. The third-order valence-corrected chi connectivity index (χ3v) is 3.88. The maximum atomic E-state index is 6.16. The first kappa shape index (κ1) is 8.55. The number of rotatable bonds is 1. The first-order valence-corrected chi connectivity index (χ1v) is 5.63. The molecule has 70 valence electrons. The molecule has 0 spiro atoms. The normalized spacial score (nSPS) is 38.8. The van der Waals surface area contributed by atoms with Crippen molar-refractivity contribution < 1.29 is 0 Å². The van der Waals surface area contributed by atoms with Crippen molar-refractivity contribution in [1.29, 1.82) is 0 Å². The van der Waals surface area contributed by atoms with Crippen LogP contribution >= 0.6 is 0 Å². The summed E-state index contributed by atoms with van der Waals surface area (Å²) in [5.74, 6) is 1.89. The molecule has 2 N–H and O–H groups in total. The van der Waals surface area contributed by atoms with Crippen molar-refractivity contribution in [2.24, 2.45) is 17.6 Å². The van der Waals surface area contributed by atoms with Crippen LogP contribution in [0, 0.1) is 11.8 Å². The molecule has 0 radical (unpaired) electrons. The van der Waals surface area contributed by atoms with Crippen molar-refractivity contribution in [3.05, 3.63) is 0 Å². The average Bonchev–Trinajstić information content (AvgIpc) is 2.57. The van der Waals surface area contributed by atoms with Gasteiger partial charge in [-0.05, 0) is 24.7 Å². The van der Waals surface area contributed by atoms with Gasteiger partial charge in [-0.25, -0.2) is 0 Å². The Morgan fingerprint density at radius 1 is 0.750 bits per heavy atom. The molecule has 0 saturated heterocycles. The Balaban J connectivity index is 1.91. The van der Waals surface area contributed by atoms with E-state index < -0.39 is 0 Å². The SMILES string of the molecule is N[C@H]1CCCC[C@@H]1C1CCCC1. The quantitative estimate of drug-likeness (QED) is 0.638. The van der Waals surface area contributed by atoms with Crippen LogP contribution in [0.3, 0.4) is 0 Å². The lowest BCUT2D eigenvalue weighted by atomic mass is 9.76. The number of hydrogen-bond acceptors (Lipinski definition) is 1. The Morgan fingerprint density at radius 3 is 2.00 bits per heavy atom. The zero-order valence-corrected chi connectivity index (χ0v) is 7.97. The Hall–Kier alpha value is -0.0400. The van der Waals surface area contributed by atoms with Gasteiger partial charge in [-0.1, -0.05) is 38.5 Å². The molecular formula is C11H21N. The lowest BCUT2D eigenvalue weighted by molar-refractivity contribution is 0.217. The van der Waals surface area contributed by atoms with E-state index >= 15 is 0 Å². The monoisotopic (exact) mass is 167 g/mol. The number of nitrogens with two attached hydrogens (primary N) is 1. The molecule has 2 saturated carbocycles. The van der Waals surface area contributed by atoms with Crippen LogP contribution in [-0.4, -0.2) is 6.04 Å². The molecule has 0 aromatic heterocycles. The van der Waals surface area contributed by atoms with E-state index in [2.05, 4.69) is 0 Å². The maximum absolute atomic E-state index is 6.16. The highest BCUT2D eigenvalue weighted by atomic mass is 14.7. The highest BCUT2D eigenvalue weighted by molar-refractivity contribution is 4.85. The molecule has 2 aliphatic rings. The van der Waals surface area contributed by atoms with Gasteiger partial charge in [0.15, 0.2) is 0 Å². The van der Waals surface area contributed by atoms with Crippen LogP contribution in [0.4, 0.5) is 0 Å². The van der Waals surface area contributed by atoms with Crippen molar-refractivity contribution in [2.45, 2.75) is 57.4 Å². The molecule has 1 heteroatoms. The molecular weight excluding hydrogens is 146 g/mol. The summed E-state index contributed by atoms with van der Waals surface area (Å²) >= 11 is 0. The summed E-state index contributed by atoms with van der Waals surface area (Å²) < 4.78 is 0. The smallest absolute Gasteiger partial charge is 0.00698 e. The Labute approximate surface area is 75.7 Å². The van der Waals surface area contributed by atoms with Crippen LogP contribution in [-0.2, 0) is 0 Å². The van der Waals surface area contributed by atoms with Crippen LogP contribution in [0.2, 0.25) is 0 Å². The summed E-state index contributed by atoms with van der Waals surface area (Å²) in [4.78, 5) is 0. The zero-order chi connectivity index (χ0) is 8.39. The summed E-state index contributed by atoms with van der Waals surface area (Å²) in [6, 6.07) is 0.543. The van der Waals surface area contributed by atoms with Crippen molar-refractivity contribution in [3.8, 4) is 0 Å². The van der Waals surface area contributed by atoms with Crippen LogP contribution in [0.25, 0.3) is 0 Å². The average molecular weight is 167 g/mol. The van der Waals surface area contributed by atoms with E-state index in [4.69, 9.17) is 5.73 Å². The van der Waals surface area contributed by atoms with E-state index in [9.17, 15) is 0 Å². The summed E-state index contributed by atoms with van der Waals surface area (Å²) in [5, 5.41) is 0. The lowest BCUT2D eigenvalue weighted by Gasteiger charge is -2.33. The molecule has 0 heterocycles. The van der Waals surface area contributed by atoms with Crippen molar-refractivity contribution in [2.75, 3.05) is 0 Å². The minimum Gasteiger partial charge on any atom is -0.327 e. The fourth-order valence-electron chi connectivity index (χ4n) is 3.16. The Morgan fingerprint density at radius 2 is 1.33 bits per heavy atom. The fourth-order valence-corrected chi connectivity index (χ4v) is 3.16. The Bertz CT molecular complexity index is 138. The minimum absolute atomic E-state index is 0.543. The first-order valence-electron chi connectivity index (χ1n) is 5.63. The summed E-state index contributed by atoms with van der Waals surface area (Å²) in [5.41, 5.74) is 6.16. The van der Waals surface area contributed by atoms with Crippen LogP contribution in [0.5, 0.6) is 0 Å². The van der Waals surface area contributed by atoms with Gasteiger partial charge in [-0.15, -0.1) is 0 Å². The molecule has 0 amide bonds. The van der Waals surface area contributed by atoms with E-state index in [0.717, 1.165) is 11.8 Å². The van der Waals surface area contributed by atoms with E-state index in [1.54, 1.807) is 0 Å². The van der Waals surface area contributed by atoms with Crippen LogP contribution in [0.15, 0.2) is 0 Å². The van der Waals surface area contributed by atoms with E-state index in [-0.39, 0.29) is 0 Å². The zero-order valence-electron chi connectivity index (χ0n) is 7.97. The maximum Gasteiger partial charge on any atom is 0.00698 e. The van der Waals surface area contributed by atoms with Gasteiger partial charge in [0.1, 0.15) is 0 Å². The molecule has 0 bridgehead atoms. The molecule has 2 aliphatic carbocycles. The fraction of sp³-hybridized carbons (Fsp3) is 1.00. The van der Waals surface area contributed by atoms with Gasteiger partial charge in [0.25, 0.3) is 0 Å². The lowest BCUT2D eigenvalue weighted by Crippen LogP contribution is -2.36.